The van der Waals surface area contributed by atoms with Crippen molar-refractivity contribution in [2.24, 2.45) is 5.92 Å². The average molecular weight is 294 g/mol. The quantitative estimate of drug-likeness (QED) is 0.858. The van der Waals surface area contributed by atoms with Gasteiger partial charge in [-0.05, 0) is 30.7 Å². The molecule has 22 heavy (non-hydrogen) atoms. The number of nitrogens with zero attached hydrogens (tertiary/aromatic N) is 4. The van der Waals surface area contributed by atoms with Crippen LogP contribution in [0.2, 0.25) is 0 Å². The SMILES string of the molecule is Cc1ccc(=O)n(CC2CN(Cc3ccc(C#N)cc3)C2)n1. The molecule has 0 spiro atoms. The Morgan fingerprint density at radius 3 is 2.64 bits per heavy atom. The van der Waals surface area contributed by atoms with Gasteiger partial charge in [-0.2, -0.15) is 10.4 Å². The van der Waals surface area contributed by atoms with Crippen molar-refractivity contribution >= 4 is 0 Å². The molecule has 0 amide bonds. The van der Waals surface area contributed by atoms with Crippen LogP contribution in [0.4, 0.5) is 0 Å². The van der Waals surface area contributed by atoms with Crippen molar-refractivity contribution in [1.82, 2.24) is 14.7 Å². The average Bonchev–Trinajstić information content (AvgIpc) is 2.49. The standard InChI is InChI=1S/C17H18N4O/c1-13-2-7-17(22)21(19-13)12-16-10-20(11-16)9-15-5-3-14(8-18)4-6-15/h2-7,16H,9-12H2,1H3. The first-order valence-electron chi connectivity index (χ1n) is 7.40. The zero-order valence-corrected chi connectivity index (χ0v) is 12.6. The number of nitriles is 1. The minimum atomic E-state index is -0.0313. The van der Waals surface area contributed by atoms with Gasteiger partial charge in [-0.1, -0.05) is 12.1 Å². The van der Waals surface area contributed by atoms with Gasteiger partial charge in [-0.15, -0.1) is 0 Å². The van der Waals surface area contributed by atoms with Crippen molar-refractivity contribution in [3.63, 3.8) is 0 Å². The molecular weight excluding hydrogens is 276 g/mol. The molecule has 1 aromatic heterocycles. The van der Waals surface area contributed by atoms with E-state index in [1.54, 1.807) is 16.8 Å². The molecule has 0 atom stereocenters. The second-order valence-corrected chi connectivity index (χ2v) is 5.86. The van der Waals surface area contributed by atoms with Gasteiger partial charge in [0, 0.05) is 31.6 Å². The number of likely N-dealkylation sites (tertiary alicyclic amines) is 1. The van der Waals surface area contributed by atoms with Crippen LogP contribution in [0, 0.1) is 24.2 Å². The van der Waals surface area contributed by atoms with Crippen LogP contribution in [0.5, 0.6) is 0 Å². The van der Waals surface area contributed by atoms with Gasteiger partial charge in [-0.3, -0.25) is 9.69 Å². The minimum absolute atomic E-state index is 0.0313. The number of hydrogen-bond acceptors (Lipinski definition) is 4. The molecule has 1 aliphatic heterocycles. The molecule has 1 saturated heterocycles. The van der Waals surface area contributed by atoms with Gasteiger partial charge in [0.1, 0.15) is 0 Å². The Hall–Kier alpha value is -2.45. The summed E-state index contributed by atoms with van der Waals surface area (Å²) in [4.78, 5) is 14.1. The summed E-state index contributed by atoms with van der Waals surface area (Å²) in [5.74, 6) is 0.477. The van der Waals surface area contributed by atoms with Crippen molar-refractivity contribution in [1.29, 1.82) is 5.26 Å². The molecule has 112 valence electrons. The highest BCUT2D eigenvalue weighted by molar-refractivity contribution is 5.31. The topological polar surface area (TPSA) is 61.9 Å². The fourth-order valence-corrected chi connectivity index (χ4v) is 2.79. The summed E-state index contributed by atoms with van der Waals surface area (Å²) in [6.07, 6.45) is 0. The van der Waals surface area contributed by atoms with E-state index in [-0.39, 0.29) is 5.56 Å². The van der Waals surface area contributed by atoms with Gasteiger partial charge in [0.25, 0.3) is 5.56 Å². The first-order chi connectivity index (χ1) is 10.6. The summed E-state index contributed by atoms with van der Waals surface area (Å²) < 4.78 is 1.57. The summed E-state index contributed by atoms with van der Waals surface area (Å²) >= 11 is 0. The highest BCUT2D eigenvalue weighted by Gasteiger charge is 2.27. The van der Waals surface area contributed by atoms with Gasteiger partial charge in [-0.25, -0.2) is 4.68 Å². The third-order valence-electron chi connectivity index (χ3n) is 3.95. The van der Waals surface area contributed by atoms with Gasteiger partial charge < -0.3 is 0 Å². The number of aromatic nitrogens is 2. The van der Waals surface area contributed by atoms with Crippen LogP contribution < -0.4 is 5.56 Å². The molecule has 0 unspecified atom stereocenters. The molecule has 0 aliphatic carbocycles. The van der Waals surface area contributed by atoms with Gasteiger partial charge in [0.05, 0.1) is 23.9 Å². The predicted octanol–water partition coefficient (Wildman–Crippen LogP) is 1.56. The van der Waals surface area contributed by atoms with Crippen LogP contribution >= 0.6 is 0 Å². The fraction of sp³-hybridized carbons (Fsp3) is 0.353. The van der Waals surface area contributed by atoms with Crippen molar-refractivity contribution in [2.45, 2.75) is 20.0 Å². The van der Waals surface area contributed by atoms with E-state index in [9.17, 15) is 4.79 Å². The molecule has 3 rings (SSSR count). The summed E-state index contributed by atoms with van der Waals surface area (Å²) in [6.45, 7) is 5.42. The Morgan fingerprint density at radius 2 is 1.95 bits per heavy atom. The molecule has 1 aromatic carbocycles. The van der Waals surface area contributed by atoms with Crippen LogP contribution in [-0.4, -0.2) is 27.8 Å². The van der Waals surface area contributed by atoms with Crippen LogP contribution in [-0.2, 0) is 13.1 Å². The Kier molecular flexibility index (Phi) is 4.03. The maximum absolute atomic E-state index is 11.7. The van der Waals surface area contributed by atoms with E-state index in [0.717, 1.165) is 25.3 Å². The lowest BCUT2D eigenvalue weighted by atomic mass is 9.99. The number of hydrogen-bond donors (Lipinski definition) is 0. The summed E-state index contributed by atoms with van der Waals surface area (Å²) in [7, 11) is 0. The smallest absolute Gasteiger partial charge is 0.266 e. The van der Waals surface area contributed by atoms with Crippen LogP contribution in [0.15, 0.2) is 41.2 Å². The van der Waals surface area contributed by atoms with E-state index in [1.807, 2.05) is 31.2 Å². The fourth-order valence-electron chi connectivity index (χ4n) is 2.79. The molecule has 5 nitrogen and oxygen atoms in total. The molecule has 0 saturated carbocycles. The molecule has 0 radical (unpaired) electrons. The second-order valence-electron chi connectivity index (χ2n) is 5.86. The van der Waals surface area contributed by atoms with Gasteiger partial charge in [0.15, 0.2) is 0 Å². The molecule has 5 heteroatoms. The Morgan fingerprint density at radius 1 is 1.23 bits per heavy atom. The zero-order valence-electron chi connectivity index (χ0n) is 12.6. The monoisotopic (exact) mass is 294 g/mol. The van der Waals surface area contributed by atoms with Crippen LogP contribution in [0.1, 0.15) is 16.8 Å². The first-order valence-corrected chi connectivity index (χ1v) is 7.40. The van der Waals surface area contributed by atoms with E-state index < -0.39 is 0 Å². The van der Waals surface area contributed by atoms with Gasteiger partial charge >= 0.3 is 0 Å². The Balaban J connectivity index is 1.52. The summed E-state index contributed by atoms with van der Waals surface area (Å²) in [5.41, 5.74) is 2.74. The highest BCUT2D eigenvalue weighted by atomic mass is 16.1. The van der Waals surface area contributed by atoms with E-state index in [4.69, 9.17) is 5.26 Å². The van der Waals surface area contributed by atoms with E-state index in [2.05, 4.69) is 16.1 Å². The third-order valence-corrected chi connectivity index (χ3v) is 3.95. The molecule has 1 fully saturated rings. The zero-order chi connectivity index (χ0) is 15.5. The number of benzene rings is 1. The molecule has 2 aromatic rings. The molecule has 0 bridgehead atoms. The van der Waals surface area contributed by atoms with Crippen LogP contribution in [0.3, 0.4) is 0 Å². The van der Waals surface area contributed by atoms with Crippen molar-refractivity contribution in [3.05, 3.63) is 63.6 Å². The molecule has 1 aliphatic rings. The summed E-state index contributed by atoms with van der Waals surface area (Å²) in [6, 6.07) is 13.1. The van der Waals surface area contributed by atoms with Crippen molar-refractivity contribution in [2.75, 3.05) is 13.1 Å². The van der Waals surface area contributed by atoms with E-state index >= 15 is 0 Å². The lowest BCUT2D eigenvalue weighted by Gasteiger charge is -2.39. The van der Waals surface area contributed by atoms with E-state index in [1.165, 1.54) is 5.56 Å². The minimum Gasteiger partial charge on any atom is -0.298 e. The first kappa shape index (κ1) is 14.5. The molecular formula is C17H18N4O. The predicted molar refractivity (Wildman–Crippen MR) is 83.2 cm³/mol. The van der Waals surface area contributed by atoms with Crippen molar-refractivity contribution < 1.29 is 0 Å². The van der Waals surface area contributed by atoms with Crippen LogP contribution in [0.25, 0.3) is 0 Å². The number of aryl methyl sites for hydroxylation is 1. The maximum Gasteiger partial charge on any atom is 0.266 e. The molecule has 2 heterocycles. The third kappa shape index (κ3) is 3.23. The van der Waals surface area contributed by atoms with Gasteiger partial charge in [0.2, 0.25) is 0 Å². The lowest BCUT2D eigenvalue weighted by Crippen LogP contribution is -2.48. The maximum atomic E-state index is 11.7. The normalized spacial score (nSPS) is 15.3. The molecule has 0 N–H and O–H groups in total. The van der Waals surface area contributed by atoms with E-state index in [0.29, 0.717) is 18.0 Å². The Labute approximate surface area is 129 Å². The number of rotatable bonds is 4. The second kappa shape index (κ2) is 6.12. The highest BCUT2D eigenvalue weighted by Crippen LogP contribution is 2.19. The lowest BCUT2D eigenvalue weighted by molar-refractivity contribution is 0.0765. The Bertz CT molecular complexity index is 751. The largest absolute Gasteiger partial charge is 0.298 e. The van der Waals surface area contributed by atoms with Crippen molar-refractivity contribution in [3.8, 4) is 6.07 Å². The summed E-state index contributed by atoms with van der Waals surface area (Å²) in [5, 5.41) is 13.1.